The summed E-state index contributed by atoms with van der Waals surface area (Å²) >= 11 is 0. The van der Waals surface area contributed by atoms with Gasteiger partial charge in [-0.05, 0) is 51.9 Å². The molecule has 0 aromatic heterocycles. The average molecular weight is 207 g/mol. The van der Waals surface area contributed by atoms with E-state index >= 15 is 0 Å². The molecule has 2 heteroatoms. The van der Waals surface area contributed by atoms with Gasteiger partial charge in [-0.25, -0.2) is 0 Å². The van der Waals surface area contributed by atoms with E-state index < -0.39 is 0 Å². The Bertz CT molecular complexity index is 279. The van der Waals surface area contributed by atoms with Crippen molar-refractivity contribution in [2.24, 2.45) is 0 Å². The largest absolute Gasteiger partial charge is 0.491 e. The Labute approximate surface area is 92.6 Å². The third-order valence-corrected chi connectivity index (χ3v) is 2.33. The summed E-state index contributed by atoms with van der Waals surface area (Å²) in [5, 5.41) is 3.23. The number of nitrogens with one attached hydrogen (secondary N) is 1. The van der Waals surface area contributed by atoms with Crippen LogP contribution in [0.3, 0.4) is 0 Å². The topological polar surface area (TPSA) is 21.3 Å². The Hall–Kier alpha value is -1.02. The van der Waals surface area contributed by atoms with Gasteiger partial charge in [0.2, 0.25) is 0 Å². The molecule has 0 aliphatic carbocycles. The molecule has 0 aliphatic heterocycles. The maximum Gasteiger partial charge on any atom is 0.119 e. The normalized spacial score (nSPS) is 12.9. The lowest BCUT2D eigenvalue weighted by molar-refractivity contribution is 0.242. The summed E-state index contributed by atoms with van der Waals surface area (Å²) in [5.74, 6) is 0.950. The summed E-state index contributed by atoms with van der Waals surface area (Å²) in [6, 6.07) is 8.86. The highest BCUT2D eigenvalue weighted by Crippen LogP contribution is 2.14. The lowest BCUT2D eigenvalue weighted by atomic mass is 10.1. The van der Waals surface area contributed by atoms with Crippen molar-refractivity contribution in [3.8, 4) is 5.75 Å². The maximum absolute atomic E-state index is 5.58. The van der Waals surface area contributed by atoms with Crippen LogP contribution in [0.15, 0.2) is 24.3 Å². The van der Waals surface area contributed by atoms with Crippen molar-refractivity contribution in [2.75, 3.05) is 7.05 Å². The van der Waals surface area contributed by atoms with Gasteiger partial charge in [-0.15, -0.1) is 0 Å². The lowest BCUT2D eigenvalue weighted by Gasteiger charge is -2.12. The van der Waals surface area contributed by atoms with E-state index in [1.165, 1.54) is 5.56 Å². The second-order valence-corrected chi connectivity index (χ2v) is 4.20. The standard InChI is InChI=1S/C13H21NO/c1-10(2)15-13-7-5-12(6-8-13)9-11(3)14-4/h5-8,10-11,14H,9H2,1-4H3. The van der Waals surface area contributed by atoms with Crippen LogP contribution in [0.1, 0.15) is 26.3 Å². The van der Waals surface area contributed by atoms with E-state index in [1.54, 1.807) is 0 Å². The molecule has 0 fully saturated rings. The molecule has 0 saturated heterocycles. The molecule has 1 aromatic rings. The average Bonchev–Trinajstić information content (AvgIpc) is 2.20. The zero-order valence-corrected chi connectivity index (χ0v) is 10.1. The highest BCUT2D eigenvalue weighted by atomic mass is 16.5. The molecule has 0 heterocycles. The lowest BCUT2D eigenvalue weighted by Crippen LogP contribution is -2.23. The molecule has 0 aliphatic rings. The molecule has 1 rings (SSSR count). The fourth-order valence-electron chi connectivity index (χ4n) is 1.43. The molecule has 0 radical (unpaired) electrons. The second kappa shape index (κ2) is 5.76. The van der Waals surface area contributed by atoms with Gasteiger partial charge in [-0.2, -0.15) is 0 Å². The molecule has 0 amide bonds. The molecular formula is C13H21NO. The molecule has 2 nitrogen and oxygen atoms in total. The molecule has 0 spiro atoms. The summed E-state index contributed by atoms with van der Waals surface area (Å²) in [4.78, 5) is 0. The van der Waals surface area contributed by atoms with Gasteiger partial charge >= 0.3 is 0 Å². The Morgan fingerprint density at radius 2 is 1.73 bits per heavy atom. The van der Waals surface area contributed by atoms with Crippen molar-refractivity contribution >= 4 is 0 Å². The number of likely N-dealkylation sites (N-methyl/N-ethyl adjacent to an activating group) is 1. The summed E-state index contributed by atoms with van der Waals surface area (Å²) in [6.45, 7) is 6.26. The first kappa shape index (κ1) is 12.1. The summed E-state index contributed by atoms with van der Waals surface area (Å²) in [5.41, 5.74) is 1.34. The first-order chi connectivity index (χ1) is 7.11. The van der Waals surface area contributed by atoms with Crippen LogP contribution < -0.4 is 10.1 Å². The minimum atomic E-state index is 0.243. The zero-order valence-electron chi connectivity index (χ0n) is 10.1. The first-order valence-corrected chi connectivity index (χ1v) is 5.54. The molecule has 1 atom stereocenters. The van der Waals surface area contributed by atoms with Crippen molar-refractivity contribution in [1.29, 1.82) is 0 Å². The Morgan fingerprint density at radius 1 is 1.13 bits per heavy atom. The zero-order chi connectivity index (χ0) is 11.3. The predicted molar refractivity (Wildman–Crippen MR) is 64.4 cm³/mol. The number of benzene rings is 1. The fraction of sp³-hybridized carbons (Fsp3) is 0.538. The number of ether oxygens (including phenoxy) is 1. The van der Waals surface area contributed by atoms with Crippen LogP contribution in [0, 0.1) is 0 Å². The van der Waals surface area contributed by atoms with Crippen molar-refractivity contribution in [1.82, 2.24) is 5.32 Å². The van der Waals surface area contributed by atoms with E-state index in [2.05, 4.69) is 24.4 Å². The number of rotatable bonds is 5. The smallest absolute Gasteiger partial charge is 0.119 e. The van der Waals surface area contributed by atoms with E-state index in [1.807, 2.05) is 33.0 Å². The van der Waals surface area contributed by atoms with Crippen LogP contribution >= 0.6 is 0 Å². The maximum atomic E-state index is 5.58. The summed E-state index contributed by atoms with van der Waals surface area (Å²) in [6.07, 6.45) is 1.30. The SMILES string of the molecule is CNC(C)Cc1ccc(OC(C)C)cc1. The fourth-order valence-corrected chi connectivity index (χ4v) is 1.43. The van der Waals surface area contributed by atoms with Gasteiger partial charge in [0, 0.05) is 6.04 Å². The second-order valence-electron chi connectivity index (χ2n) is 4.20. The highest BCUT2D eigenvalue weighted by Gasteiger charge is 2.01. The predicted octanol–water partition coefficient (Wildman–Crippen LogP) is 2.62. The molecular weight excluding hydrogens is 186 g/mol. The van der Waals surface area contributed by atoms with Crippen molar-refractivity contribution in [2.45, 2.75) is 39.3 Å². The van der Waals surface area contributed by atoms with Crippen molar-refractivity contribution < 1.29 is 4.74 Å². The molecule has 0 saturated carbocycles. The Balaban J connectivity index is 2.56. The van der Waals surface area contributed by atoms with E-state index in [-0.39, 0.29) is 6.10 Å². The minimum absolute atomic E-state index is 0.243. The summed E-state index contributed by atoms with van der Waals surface area (Å²) < 4.78 is 5.58. The molecule has 1 N–H and O–H groups in total. The quantitative estimate of drug-likeness (QED) is 0.801. The van der Waals surface area contributed by atoms with E-state index in [4.69, 9.17) is 4.74 Å². The third-order valence-electron chi connectivity index (χ3n) is 2.33. The number of hydrogen-bond acceptors (Lipinski definition) is 2. The van der Waals surface area contributed by atoms with Gasteiger partial charge in [-0.1, -0.05) is 12.1 Å². The van der Waals surface area contributed by atoms with Crippen LogP contribution in [-0.4, -0.2) is 19.2 Å². The first-order valence-electron chi connectivity index (χ1n) is 5.54. The van der Waals surface area contributed by atoms with Gasteiger partial charge in [0.15, 0.2) is 0 Å². The van der Waals surface area contributed by atoms with Crippen molar-refractivity contribution in [3.63, 3.8) is 0 Å². The molecule has 1 unspecified atom stereocenters. The van der Waals surface area contributed by atoms with Crippen LogP contribution in [0.25, 0.3) is 0 Å². The van der Waals surface area contributed by atoms with Crippen LogP contribution in [0.5, 0.6) is 5.75 Å². The van der Waals surface area contributed by atoms with Gasteiger partial charge in [-0.3, -0.25) is 0 Å². The van der Waals surface area contributed by atoms with Gasteiger partial charge in [0.1, 0.15) is 5.75 Å². The van der Waals surface area contributed by atoms with Crippen LogP contribution in [-0.2, 0) is 6.42 Å². The third kappa shape index (κ3) is 4.34. The molecule has 0 bridgehead atoms. The summed E-state index contributed by atoms with van der Waals surface area (Å²) in [7, 11) is 1.99. The van der Waals surface area contributed by atoms with Gasteiger partial charge in [0.25, 0.3) is 0 Å². The van der Waals surface area contributed by atoms with Crippen LogP contribution in [0.2, 0.25) is 0 Å². The van der Waals surface area contributed by atoms with Gasteiger partial charge in [0.05, 0.1) is 6.10 Å². The van der Waals surface area contributed by atoms with Gasteiger partial charge < -0.3 is 10.1 Å². The van der Waals surface area contributed by atoms with E-state index in [0.29, 0.717) is 6.04 Å². The minimum Gasteiger partial charge on any atom is -0.491 e. The molecule has 84 valence electrons. The highest BCUT2D eigenvalue weighted by molar-refractivity contribution is 5.27. The molecule has 1 aromatic carbocycles. The number of hydrogen-bond donors (Lipinski definition) is 1. The van der Waals surface area contributed by atoms with E-state index in [0.717, 1.165) is 12.2 Å². The molecule has 15 heavy (non-hydrogen) atoms. The van der Waals surface area contributed by atoms with Crippen molar-refractivity contribution in [3.05, 3.63) is 29.8 Å². The van der Waals surface area contributed by atoms with E-state index in [9.17, 15) is 0 Å². The van der Waals surface area contributed by atoms with Crippen LogP contribution in [0.4, 0.5) is 0 Å². The Kier molecular flexibility index (Phi) is 4.63. The Morgan fingerprint density at radius 3 is 2.20 bits per heavy atom. The monoisotopic (exact) mass is 207 g/mol.